The highest BCUT2D eigenvalue weighted by atomic mass is 79.9. The van der Waals surface area contributed by atoms with Gasteiger partial charge < -0.3 is 23.7 Å². The SMILES string of the molecule is CCOC(=O)C(Oc1c(Br)cccc1OC)=C1CCC2(CC1)OCCO2. The largest absolute Gasteiger partial charge is 0.493 e. The number of esters is 1. The highest BCUT2D eigenvalue weighted by molar-refractivity contribution is 9.10. The molecular formula is C19H23BrO6. The Balaban J connectivity index is 1.88. The zero-order valence-corrected chi connectivity index (χ0v) is 16.6. The first-order chi connectivity index (χ1) is 12.6. The normalized spacial score (nSPS) is 18.7. The van der Waals surface area contributed by atoms with Gasteiger partial charge in [-0.1, -0.05) is 6.07 Å². The number of carbonyl (C=O) groups excluding carboxylic acids is 1. The van der Waals surface area contributed by atoms with E-state index in [0.717, 1.165) is 5.57 Å². The van der Waals surface area contributed by atoms with E-state index < -0.39 is 11.8 Å². The molecule has 0 amide bonds. The molecule has 142 valence electrons. The fourth-order valence-corrected chi connectivity index (χ4v) is 3.68. The molecule has 1 saturated heterocycles. The van der Waals surface area contributed by atoms with E-state index in [-0.39, 0.29) is 12.4 Å². The molecule has 0 radical (unpaired) electrons. The zero-order valence-electron chi connectivity index (χ0n) is 15.0. The van der Waals surface area contributed by atoms with Crippen molar-refractivity contribution in [2.75, 3.05) is 26.9 Å². The van der Waals surface area contributed by atoms with Gasteiger partial charge in [-0.2, -0.15) is 0 Å². The van der Waals surface area contributed by atoms with Gasteiger partial charge in [0.15, 0.2) is 17.3 Å². The molecule has 2 fully saturated rings. The van der Waals surface area contributed by atoms with Crippen molar-refractivity contribution in [2.24, 2.45) is 0 Å². The van der Waals surface area contributed by atoms with Gasteiger partial charge in [-0.25, -0.2) is 4.79 Å². The van der Waals surface area contributed by atoms with Gasteiger partial charge in [0, 0.05) is 12.8 Å². The fourth-order valence-electron chi connectivity index (χ4n) is 3.25. The molecule has 2 aliphatic rings. The Labute approximate surface area is 161 Å². The molecule has 0 atom stereocenters. The molecule has 0 bridgehead atoms. The Kier molecular flexibility index (Phi) is 6.21. The van der Waals surface area contributed by atoms with E-state index in [1.165, 1.54) is 0 Å². The number of rotatable bonds is 5. The maximum Gasteiger partial charge on any atom is 0.374 e. The minimum Gasteiger partial charge on any atom is -0.493 e. The summed E-state index contributed by atoms with van der Waals surface area (Å²) in [6.45, 7) is 3.29. The monoisotopic (exact) mass is 426 g/mol. The first-order valence-corrected chi connectivity index (χ1v) is 9.55. The predicted octanol–water partition coefficient (Wildman–Crippen LogP) is 3.97. The minimum absolute atomic E-state index is 0.227. The first kappa shape index (κ1) is 19.2. The summed E-state index contributed by atoms with van der Waals surface area (Å²) in [6, 6.07) is 5.46. The molecule has 1 saturated carbocycles. The lowest BCUT2D eigenvalue weighted by Gasteiger charge is -2.33. The molecule has 3 rings (SSSR count). The molecule has 1 spiro atoms. The number of para-hydroxylation sites is 1. The van der Waals surface area contributed by atoms with Crippen LogP contribution in [0, 0.1) is 0 Å². The van der Waals surface area contributed by atoms with Crippen molar-refractivity contribution in [1.82, 2.24) is 0 Å². The minimum atomic E-state index is -0.506. The van der Waals surface area contributed by atoms with Crippen LogP contribution in [0.3, 0.4) is 0 Å². The van der Waals surface area contributed by atoms with Crippen LogP contribution in [-0.4, -0.2) is 38.7 Å². The lowest BCUT2D eigenvalue weighted by atomic mass is 9.89. The van der Waals surface area contributed by atoms with E-state index in [1.807, 2.05) is 12.1 Å². The third kappa shape index (κ3) is 4.05. The van der Waals surface area contributed by atoms with Crippen LogP contribution < -0.4 is 9.47 Å². The van der Waals surface area contributed by atoms with Gasteiger partial charge in [-0.05, 0) is 53.4 Å². The highest BCUT2D eigenvalue weighted by Gasteiger charge is 2.40. The summed E-state index contributed by atoms with van der Waals surface area (Å²) in [6.07, 6.45) is 2.70. The van der Waals surface area contributed by atoms with Crippen LogP contribution in [0.5, 0.6) is 11.5 Å². The quantitative estimate of drug-likeness (QED) is 0.403. The van der Waals surface area contributed by atoms with Crippen molar-refractivity contribution in [3.63, 3.8) is 0 Å². The van der Waals surface area contributed by atoms with Crippen LogP contribution in [0.2, 0.25) is 0 Å². The Morgan fingerprint density at radius 2 is 1.92 bits per heavy atom. The van der Waals surface area contributed by atoms with E-state index in [4.69, 9.17) is 23.7 Å². The maximum absolute atomic E-state index is 12.5. The van der Waals surface area contributed by atoms with Crippen molar-refractivity contribution in [3.05, 3.63) is 34.0 Å². The maximum atomic E-state index is 12.5. The summed E-state index contributed by atoms with van der Waals surface area (Å²) in [5.74, 6) is 0.249. The molecule has 7 heteroatoms. The van der Waals surface area contributed by atoms with Crippen LogP contribution in [0.4, 0.5) is 0 Å². The van der Waals surface area contributed by atoms with E-state index in [9.17, 15) is 4.79 Å². The van der Waals surface area contributed by atoms with Gasteiger partial charge in [-0.3, -0.25) is 0 Å². The molecule has 1 heterocycles. The number of allylic oxidation sites excluding steroid dienone is 1. The standard InChI is InChI=1S/C19H23BrO6/c1-3-23-18(21)16(26-17-14(20)5-4-6-15(17)22-2)13-7-9-19(10-8-13)24-11-12-25-19/h4-6H,3,7-12H2,1-2H3. The van der Waals surface area contributed by atoms with Gasteiger partial charge in [0.2, 0.25) is 5.76 Å². The van der Waals surface area contributed by atoms with Crippen molar-refractivity contribution in [1.29, 1.82) is 0 Å². The number of halogens is 1. The Morgan fingerprint density at radius 3 is 2.54 bits per heavy atom. The molecule has 0 N–H and O–H groups in total. The Hall–Kier alpha value is -1.57. The number of benzene rings is 1. The molecule has 0 unspecified atom stereocenters. The lowest BCUT2D eigenvalue weighted by Crippen LogP contribution is -2.34. The van der Waals surface area contributed by atoms with E-state index in [1.54, 1.807) is 20.1 Å². The Morgan fingerprint density at radius 1 is 1.23 bits per heavy atom. The van der Waals surface area contributed by atoms with Crippen LogP contribution in [0.15, 0.2) is 34.0 Å². The summed E-state index contributed by atoms with van der Waals surface area (Å²) < 4.78 is 28.8. The molecular weight excluding hydrogens is 404 g/mol. The van der Waals surface area contributed by atoms with Crippen LogP contribution in [-0.2, 0) is 19.0 Å². The molecule has 6 nitrogen and oxygen atoms in total. The molecule has 1 aromatic carbocycles. The fraction of sp³-hybridized carbons (Fsp3) is 0.526. The summed E-state index contributed by atoms with van der Waals surface area (Å²) >= 11 is 3.46. The lowest BCUT2D eigenvalue weighted by molar-refractivity contribution is -0.172. The third-order valence-corrected chi connectivity index (χ3v) is 5.19. The van der Waals surface area contributed by atoms with Crippen LogP contribution in [0.25, 0.3) is 0 Å². The average Bonchev–Trinajstić information content (AvgIpc) is 3.10. The van der Waals surface area contributed by atoms with Crippen molar-refractivity contribution in [3.8, 4) is 11.5 Å². The zero-order chi connectivity index (χ0) is 18.6. The smallest absolute Gasteiger partial charge is 0.374 e. The van der Waals surface area contributed by atoms with Crippen LogP contribution >= 0.6 is 15.9 Å². The average molecular weight is 427 g/mol. The Bertz CT molecular complexity index is 681. The second-order valence-corrected chi connectivity index (χ2v) is 6.99. The van der Waals surface area contributed by atoms with E-state index in [2.05, 4.69) is 15.9 Å². The predicted molar refractivity (Wildman–Crippen MR) is 98.1 cm³/mol. The molecule has 1 aliphatic heterocycles. The molecule has 1 aromatic rings. The third-order valence-electron chi connectivity index (χ3n) is 4.57. The number of ether oxygens (including phenoxy) is 5. The summed E-state index contributed by atoms with van der Waals surface area (Å²) in [4.78, 5) is 12.5. The summed E-state index contributed by atoms with van der Waals surface area (Å²) in [5.41, 5.74) is 0.908. The molecule has 1 aliphatic carbocycles. The molecule has 0 aromatic heterocycles. The second kappa shape index (κ2) is 8.41. The summed E-state index contributed by atoms with van der Waals surface area (Å²) in [5, 5.41) is 0. The van der Waals surface area contributed by atoms with Gasteiger partial charge in [-0.15, -0.1) is 0 Å². The van der Waals surface area contributed by atoms with E-state index in [0.29, 0.717) is 54.9 Å². The number of hydrogen-bond donors (Lipinski definition) is 0. The van der Waals surface area contributed by atoms with Gasteiger partial charge in [0.25, 0.3) is 0 Å². The van der Waals surface area contributed by atoms with Crippen LogP contribution in [0.1, 0.15) is 32.6 Å². The number of carbonyl (C=O) groups is 1. The van der Waals surface area contributed by atoms with E-state index >= 15 is 0 Å². The summed E-state index contributed by atoms with van der Waals surface area (Å²) in [7, 11) is 1.56. The molecule has 26 heavy (non-hydrogen) atoms. The number of methoxy groups -OCH3 is 1. The van der Waals surface area contributed by atoms with Gasteiger partial charge in [0.1, 0.15) is 0 Å². The van der Waals surface area contributed by atoms with Crippen molar-refractivity contribution in [2.45, 2.75) is 38.4 Å². The topological polar surface area (TPSA) is 63.2 Å². The highest BCUT2D eigenvalue weighted by Crippen LogP contribution is 2.41. The first-order valence-electron chi connectivity index (χ1n) is 8.76. The van der Waals surface area contributed by atoms with Gasteiger partial charge in [0.05, 0.1) is 31.4 Å². The van der Waals surface area contributed by atoms with Crippen molar-refractivity contribution < 1.29 is 28.5 Å². The van der Waals surface area contributed by atoms with Crippen molar-refractivity contribution >= 4 is 21.9 Å². The number of hydrogen-bond acceptors (Lipinski definition) is 6. The second-order valence-electron chi connectivity index (χ2n) is 6.13. The van der Waals surface area contributed by atoms with Gasteiger partial charge >= 0.3 is 5.97 Å².